The second kappa shape index (κ2) is 4.09. The van der Waals surface area contributed by atoms with E-state index >= 15 is 0 Å². The van der Waals surface area contributed by atoms with Gasteiger partial charge in [-0.25, -0.2) is 0 Å². The maximum Gasteiger partial charge on any atom is 0.313 e. The quantitative estimate of drug-likeness (QED) is 0.674. The number of ether oxygens (including phenoxy) is 1. The molecule has 0 amide bonds. The molecule has 0 aromatic rings. The second-order valence-corrected chi connectivity index (χ2v) is 3.86. The summed E-state index contributed by atoms with van der Waals surface area (Å²) < 4.78 is 5.02. The number of esters is 1. The molecule has 1 saturated heterocycles. The number of rotatable bonds is 4. The van der Waals surface area contributed by atoms with E-state index in [4.69, 9.17) is 10.5 Å². The molecule has 0 aromatic carbocycles. The highest BCUT2D eigenvalue weighted by Crippen LogP contribution is 2.38. The van der Waals surface area contributed by atoms with Crippen molar-refractivity contribution >= 4 is 5.97 Å². The summed E-state index contributed by atoms with van der Waals surface area (Å²) in [5.74, 6) is -0.0799. The predicted molar refractivity (Wildman–Crippen MR) is 51.2 cm³/mol. The van der Waals surface area contributed by atoms with Gasteiger partial charge in [-0.15, -0.1) is 0 Å². The molecule has 0 aliphatic carbocycles. The van der Waals surface area contributed by atoms with Crippen LogP contribution in [0.2, 0.25) is 0 Å². The van der Waals surface area contributed by atoms with Gasteiger partial charge in [-0.05, 0) is 12.8 Å². The molecule has 13 heavy (non-hydrogen) atoms. The van der Waals surface area contributed by atoms with Crippen LogP contribution in [0.5, 0.6) is 0 Å². The Kier molecular flexibility index (Phi) is 3.31. The highest BCUT2D eigenvalue weighted by molar-refractivity contribution is 5.79. The first kappa shape index (κ1) is 10.5. The van der Waals surface area contributed by atoms with Crippen molar-refractivity contribution < 1.29 is 9.53 Å². The fraction of sp³-hybridized carbons (Fsp3) is 0.900. The molecule has 0 bridgehead atoms. The number of carbonyl (C=O) groups excluding carboxylic acids is 1. The smallest absolute Gasteiger partial charge is 0.313 e. The van der Waals surface area contributed by atoms with E-state index in [-0.39, 0.29) is 17.4 Å². The van der Waals surface area contributed by atoms with Gasteiger partial charge in [0.25, 0.3) is 0 Å². The lowest BCUT2D eigenvalue weighted by atomic mass is 9.75. The second-order valence-electron chi connectivity index (χ2n) is 3.86. The minimum Gasteiger partial charge on any atom is -0.464 e. The molecule has 1 aliphatic rings. The van der Waals surface area contributed by atoms with Gasteiger partial charge in [-0.1, -0.05) is 26.7 Å². The number of carbonyl (C=O) groups is 1. The van der Waals surface area contributed by atoms with Gasteiger partial charge in [0.2, 0.25) is 0 Å². The third kappa shape index (κ3) is 1.70. The van der Waals surface area contributed by atoms with Gasteiger partial charge in [0.05, 0.1) is 11.5 Å². The number of hydrogen-bond acceptors (Lipinski definition) is 3. The lowest BCUT2D eigenvalue weighted by Gasteiger charge is -2.27. The normalized spacial score (nSPS) is 26.1. The maximum absolute atomic E-state index is 11.6. The van der Waals surface area contributed by atoms with Crippen molar-refractivity contribution in [2.45, 2.75) is 45.6 Å². The van der Waals surface area contributed by atoms with Gasteiger partial charge in [0.15, 0.2) is 0 Å². The van der Waals surface area contributed by atoms with E-state index in [2.05, 4.69) is 13.8 Å². The van der Waals surface area contributed by atoms with Crippen molar-refractivity contribution in [2.24, 2.45) is 11.1 Å². The molecule has 1 rings (SSSR count). The minimum atomic E-state index is -0.372. The zero-order chi connectivity index (χ0) is 9.90. The third-order valence-corrected chi connectivity index (χ3v) is 2.90. The Hall–Kier alpha value is -0.570. The van der Waals surface area contributed by atoms with Gasteiger partial charge < -0.3 is 10.5 Å². The zero-order valence-electron chi connectivity index (χ0n) is 8.51. The van der Waals surface area contributed by atoms with Crippen LogP contribution >= 0.6 is 0 Å². The van der Waals surface area contributed by atoms with Gasteiger partial charge in [0.1, 0.15) is 6.61 Å². The average Bonchev–Trinajstić information content (AvgIpc) is 2.35. The summed E-state index contributed by atoms with van der Waals surface area (Å²) in [6, 6.07) is -0.0973. The van der Waals surface area contributed by atoms with Crippen LogP contribution < -0.4 is 5.73 Å². The number of nitrogens with two attached hydrogens (primary N) is 1. The molecule has 3 nitrogen and oxygen atoms in total. The Balaban J connectivity index is 2.79. The van der Waals surface area contributed by atoms with Crippen LogP contribution in [-0.2, 0) is 9.53 Å². The van der Waals surface area contributed by atoms with Crippen molar-refractivity contribution in [3.63, 3.8) is 0 Å². The van der Waals surface area contributed by atoms with E-state index in [9.17, 15) is 4.79 Å². The first-order valence-corrected chi connectivity index (χ1v) is 5.10. The molecule has 1 atom stereocenters. The van der Waals surface area contributed by atoms with E-state index in [1.54, 1.807) is 0 Å². The van der Waals surface area contributed by atoms with E-state index in [0.717, 1.165) is 25.7 Å². The molecule has 0 spiro atoms. The van der Waals surface area contributed by atoms with Crippen LogP contribution in [-0.4, -0.2) is 18.6 Å². The molecule has 3 heteroatoms. The van der Waals surface area contributed by atoms with E-state index in [1.807, 2.05) is 0 Å². The Morgan fingerprint density at radius 2 is 2.00 bits per heavy atom. The molecule has 76 valence electrons. The molecule has 0 unspecified atom stereocenters. The summed E-state index contributed by atoms with van der Waals surface area (Å²) in [6.07, 6.45) is 3.70. The van der Waals surface area contributed by atoms with Crippen molar-refractivity contribution in [1.29, 1.82) is 0 Å². The number of hydrogen-bond donors (Lipinski definition) is 1. The first-order valence-electron chi connectivity index (χ1n) is 5.10. The van der Waals surface area contributed by atoms with Crippen LogP contribution in [0.1, 0.15) is 39.5 Å². The van der Waals surface area contributed by atoms with Crippen LogP contribution in [0.15, 0.2) is 0 Å². The molecule has 1 fully saturated rings. The third-order valence-electron chi connectivity index (χ3n) is 2.90. The fourth-order valence-electron chi connectivity index (χ4n) is 2.21. The topological polar surface area (TPSA) is 52.3 Å². The summed E-state index contributed by atoms with van der Waals surface area (Å²) >= 11 is 0. The Morgan fingerprint density at radius 3 is 2.31 bits per heavy atom. The molecule has 0 radical (unpaired) electrons. The summed E-state index contributed by atoms with van der Waals surface area (Å²) in [6.45, 7) is 4.56. The van der Waals surface area contributed by atoms with Gasteiger partial charge in [0, 0.05) is 0 Å². The monoisotopic (exact) mass is 185 g/mol. The molecule has 0 saturated carbocycles. The maximum atomic E-state index is 11.6. The summed E-state index contributed by atoms with van der Waals surface area (Å²) in [4.78, 5) is 11.6. The first-order chi connectivity index (χ1) is 6.17. The predicted octanol–water partition coefficient (Wildman–Crippen LogP) is 1.46. The number of cyclic esters (lactones) is 1. The zero-order valence-corrected chi connectivity index (χ0v) is 8.51. The van der Waals surface area contributed by atoms with Gasteiger partial charge in [-0.2, -0.15) is 0 Å². The van der Waals surface area contributed by atoms with Crippen molar-refractivity contribution in [3.05, 3.63) is 0 Å². The molecule has 1 aliphatic heterocycles. The molecule has 2 N–H and O–H groups in total. The lowest BCUT2D eigenvalue weighted by Crippen LogP contribution is -2.42. The summed E-state index contributed by atoms with van der Waals surface area (Å²) in [5.41, 5.74) is 5.56. The largest absolute Gasteiger partial charge is 0.464 e. The van der Waals surface area contributed by atoms with Crippen LogP contribution in [0.3, 0.4) is 0 Å². The van der Waals surface area contributed by atoms with E-state index in [0.29, 0.717) is 6.61 Å². The summed E-state index contributed by atoms with van der Waals surface area (Å²) in [7, 11) is 0. The Morgan fingerprint density at radius 1 is 1.46 bits per heavy atom. The van der Waals surface area contributed by atoms with Gasteiger partial charge >= 0.3 is 5.97 Å². The highest BCUT2D eigenvalue weighted by Gasteiger charge is 2.48. The summed E-state index contributed by atoms with van der Waals surface area (Å²) in [5, 5.41) is 0. The van der Waals surface area contributed by atoms with E-state index in [1.165, 1.54) is 0 Å². The van der Waals surface area contributed by atoms with Crippen LogP contribution in [0, 0.1) is 5.41 Å². The van der Waals surface area contributed by atoms with Crippen LogP contribution in [0.4, 0.5) is 0 Å². The fourth-order valence-corrected chi connectivity index (χ4v) is 2.21. The SMILES string of the molecule is CCCC1(CCC)C(=O)OC[C@H]1N. The Bertz CT molecular complexity index is 185. The minimum absolute atomic E-state index is 0.0799. The van der Waals surface area contributed by atoms with Crippen molar-refractivity contribution in [2.75, 3.05) is 6.61 Å². The average molecular weight is 185 g/mol. The van der Waals surface area contributed by atoms with Crippen molar-refractivity contribution in [3.8, 4) is 0 Å². The Labute approximate surface area is 79.6 Å². The van der Waals surface area contributed by atoms with Gasteiger partial charge in [-0.3, -0.25) is 4.79 Å². The van der Waals surface area contributed by atoms with Crippen molar-refractivity contribution in [1.82, 2.24) is 0 Å². The van der Waals surface area contributed by atoms with Crippen LogP contribution in [0.25, 0.3) is 0 Å². The molecule has 0 aromatic heterocycles. The lowest BCUT2D eigenvalue weighted by molar-refractivity contribution is -0.147. The molecular formula is C10H19NO2. The molecular weight excluding hydrogens is 166 g/mol. The molecule has 1 heterocycles. The standard InChI is InChI=1S/C10H19NO2/c1-3-5-10(6-4-2)8(11)7-13-9(10)12/h8H,3-7,11H2,1-2H3/t8-/m1/s1. The van der Waals surface area contributed by atoms with E-state index < -0.39 is 0 Å². The highest BCUT2D eigenvalue weighted by atomic mass is 16.5.